The van der Waals surface area contributed by atoms with E-state index in [-0.39, 0.29) is 0 Å². The second-order valence-corrected chi connectivity index (χ2v) is 6.51. The van der Waals surface area contributed by atoms with Crippen molar-refractivity contribution in [2.75, 3.05) is 45.9 Å². The van der Waals surface area contributed by atoms with Crippen LogP contribution in [0.1, 0.15) is 25.5 Å². The van der Waals surface area contributed by atoms with Crippen LogP contribution < -0.4 is 0 Å². The second-order valence-electron chi connectivity index (χ2n) is 6.51. The average molecular weight is 304 g/mol. The molecule has 5 nitrogen and oxygen atoms in total. The topological polar surface area (TPSA) is 41.5 Å². The Morgan fingerprint density at radius 2 is 2.14 bits per heavy atom. The number of aromatic nitrogens is 2. The number of hydrogen-bond acceptors (Lipinski definition) is 5. The predicted molar refractivity (Wildman–Crippen MR) is 86.8 cm³/mol. The average Bonchev–Trinajstić information content (AvgIpc) is 2.81. The molecule has 0 bridgehead atoms. The standard InChI is InChI=1S/C17H28N4O/c1-2-20-7-4-17(5-8-20)21-9-10-22-13-15(12-21)11-16-3-6-18-14-19-16/h3,6,14-15,17H,2,4-5,7-13H2,1H3/t15-/m0/s1. The largest absolute Gasteiger partial charge is 0.380 e. The first-order valence-corrected chi connectivity index (χ1v) is 8.64. The summed E-state index contributed by atoms with van der Waals surface area (Å²) in [5.41, 5.74) is 1.13. The fourth-order valence-corrected chi connectivity index (χ4v) is 3.70. The number of likely N-dealkylation sites (tertiary alicyclic amines) is 1. The van der Waals surface area contributed by atoms with E-state index in [1.165, 1.54) is 32.5 Å². The van der Waals surface area contributed by atoms with Crippen molar-refractivity contribution < 1.29 is 4.74 Å². The molecule has 2 aliphatic rings. The summed E-state index contributed by atoms with van der Waals surface area (Å²) in [5, 5.41) is 0. The molecule has 5 heteroatoms. The van der Waals surface area contributed by atoms with Crippen molar-refractivity contribution in [1.82, 2.24) is 19.8 Å². The molecule has 0 amide bonds. The van der Waals surface area contributed by atoms with E-state index in [2.05, 4.69) is 26.7 Å². The zero-order valence-electron chi connectivity index (χ0n) is 13.7. The maximum Gasteiger partial charge on any atom is 0.115 e. The molecule has 0 radical (unpaired) electrons. The third-order valence-electron chi connectivity index (χ3n) is 5.03. The summed E-state index contributed by atoms with van der Waals surface area (Å²) in [5.74, 6) is 0.543. The summed E-state index contributed by atoms with van der Waals surface area (Å²) in [7, 11) is 0. The summed E-state index contributed by atoms with van der Waals surface area (Å²) < 4.78 is 5.85. The van der Waals surface area contributed by atoms with Gasteiger partial charge in [-0.1, -0.05) is 6.92 Å². The molecule has 2 aliphatic heterocycles. The second kappa shape index (κ2) is 7.99. The molecule has 0 unspecified atom stereocenters. The van der Waals surface area contributed by atoms with Gasteiger partial charge in [-0.15, -0.1) is 0 Å². The van der Waals surface area contributed by atoms with E-state index in [9.17, 15) is 0 Å². The third-order valence-corrected chi connectivity index (χ3v) is 5.03. The molecule has 2 saturated heterocycles. The van der Waals surface area contributed by atoms with Gasteiger partial charge in [0.1, 0.15) is 6.33 Å². The van der Waals surface area contributed by atoms with Gasteiger partial charge in [0, 0.05) is 36.9 Å². The summed E-state index contributed by atoms with van der Waals surface area (Å²) in [6.07, 6.45) is 7.07. The Bertz CT molecular complexity index is 434. The van der Waals surface area contributed by atoms with E-state index in [0.29, 0.717) is 5.92 Å². The van der Waals surface area contributed by atoms with Gasteiger partial charge in [-0.2, -0.15) is 0 Å². The van der Waals surface area contributed by atoms with Crippen LogP contribution in [0.4, 0.5) is 0 Å². The summed E-state index contributed by atoms with van der Waals surface area (Å²) in [6.45, 7) is 9.88. The fraction of sp³-hybridized carbons (Fsp3) is 0.765. The van der Waals surface area contributed by atoms with Gasteiger partial charge in [0.15, 0.2) is 0 Å². The Balaban J connectivity index is 1.56. The molecule has 0 aliphatic carbocycles. The Labute approximate surface area is 133 Å². The zero-order chi connectivity index (χ0) is 15.2. The van der Waals surface area contributed by atoms with Crippen molar-refractivity contribution in [2.45, 2.75) is 32.2 Å². The molecular formula is C17H28N4O. The van der Waals surface area contributed by atoms with Crippen molar-refractivity contribution in [3.05, 3.63) is 24.3 Å². The molecule has 0 aromatic carbocycles. The van der Waals surface area contributed by atoms with Crippen molar-refractivity contribution in [3.63, 3.8) is 0 Å². The maximum atomic E-state index is 5.85. The highest BCUT2D eigenvalue weighted by molar-refractivity contribution is 5.00. The van der Waals surface area contributed by atoms with E-state index in [0.717, 1.165) is 44.5 Å². The van der Waals surface area contributed by atoms with Gasteiger partial charge >= 0.3 is 0 Å². The Kier molecular flexibility index (Phi) is 5.76. The molecule has 122 valence electrons. The van der Waals surface area contributed by atoms with Gasteiger partial charge < -0.3 is 9.64 Å². The van der Waals surface area contributed by atoms with Crippen LogP contribution in [-0.2, 0) is 11.2 Å². The van der Waals surface area contributed by atoms with E-state index in [1.807, 2.05) is 12.3 Å². The van der Waals surface area contributed by atoms with Crippen LogP contribution in [0.25, 0.3) is 0 Å². The molecule has 0 saturated carbocycles. The van der Waals surface area contributed by atoms with Crippen LogP contribution in [0.5, 0.6) is 0 Å². The van der Waals surface area contributed by atoms with E-state index >= 15 is 0 Å². The van der Waals surface area contributed by atoms with E-state index < -0.39 is 0 Å². The van der Waals surface area contributed by atoms with Gasteiger partial charge in [-0.25, -0.2) is 9.97 Å². The van der Waals surface area contributed by atoms with E-state index in [4.69, 9.17) is 4.74 Å². The molecule has 1 atom stereocenters. The number of ether oxygens (including phenoxy) is 1. The maximum absolute atomic E-state index is 5.85. The number of hydrogen-bond donors (Lipinski definition) is 0. The zero-order valence-corrected chi connectivity index (χ0v) is 13.7. The van der Waals surface area contributed by atoms with E-state index in [1.54, 1.807) is 6.33 Å². The first-order chi connectivity index (χ1) is 10.8. The molecule has 0 spiro atoms. The van der Waals surface area contributed by atoms with Crippen LogP contribution in [0.2, 0.25) is 0 Å². The molecule has 3 rings (SSSR count). The molecule has 22 heavy (non-hydrogen) atoms. The van der Waals surface area contributed by atoms with Gasteiger partial charge in [-0.05, 0) is 45.0 Å². The van der Waals surface area contributed by atoms with Crippen LogP contribution in [0, 0.1) is 5.92 Å². The predicted octanol–water partition coefficient (Wildman–Crippen LogP) is 1.45. The highest BCUT2D eigenvalue weighted by Gasteiger charge is 2.27. The molecule has 2 fully saturated rings. The quantitative estimate of drug-likeness (QED) is 0.842. The van der Waals surface area contributed by atoms with Gasteiger partial charge in [-0.3, -0.25) is 4.90 Å². The SMILES string of the molecule is CCN1CCC(N2CCOC[C@@H](Cc3ccncn3)C2)CC1. The number of rotatable bonds is 4. The summed E-state index contributed by atoms with van der Waals surface area (Å²) in [4.78, 5) is 13.6. The van der Waals surface area contributed by atoms with Crippen LogP contribution in [0.3, 0.4) is 0 Å². The summed E-state index contributed by atoms with van der Waals surface area (Å²) in [6, 6.07) is 2.76. The first kappa shape index (κ1) is 15.8. The molecule has 3 heterocycles. The fourth-order valence-electron chi connectivity index (χ4n) is 3.70. The van der Waals surface area contributed by atoms with Gasteiger partial charge in [0.2, 0.25) is 0 Å². The third kappa shape index (κ3) is 4.24. The lowest BCUT2D eigenvalue weighted by Gasteiger charge is -2.38. The van der Waals surface area contributed by atoms with Gasteiger partial charge in [0.25, 0.3) is 0 Å². The molecule has 1 aromatic rings. The van der Waals surface area contributed by atoms with Crippen LogP contribution in [-0.4, -0.2) is 71.7 Å². The Morgan fingerprint density at radius 3 is 2.86 bits per heavy atom. The minimum atomic E-state index is 0.543. The summed E-state index contributed by atoms with van der Waals surface area (Å²) >= 11 is 0. The lowest BCUT2D eigenvalue weighted by Crippen LogP contribution is -2.46. The lowest BCUT2D eigenvalue weighted by atomic mass is 9.99. The van der Waals surface area contributed by atoms with Crippen molar-refractivity contribution in [3.8, 4) is 0 Å². The number of piperidine rings is 1. The van der Waals surface area contributed by atoms with Crippen molar-refractivity contribution in [1.29, 1.82) is 0 Å². The lowest BCUT2D eigenvalue weighted by molar-refractivity contribution is 0.0987. The first-order valence-electron chi connectivity index (χ1n) is 8.64. The normalized spacial score (nSPS) is 26.0. The minimum absolute atomic E-state index is 0.543. The smallest absolute Gasteiger partial charge is 0.115 e. The highest BCUT2D eigenvalue weighted by atomic mass is 16.5. The monoisotopic (exact) mass is 304 g/mol. The van der Waals surface area contributed by atoms with Gasteiger partial charge in [0.05, 0.1) is 13.2 Å². The highest BCUT2D eigenvalue weighted by Crippen LogP contribution is 2.20. The van der Waals surface area contributed by atoms with Crippen molar-refractivity contribution in [2.24, 2.45) is 5.92 Å². The molecular weight excluding hydrogens is 276 g/mol. The van der Waals surface area contributed by atoms with Crippen LogP contribution >= 0.6 is 0 Å². The number of nitrogens with zero attached hydrogens (tertiary/aromatic N) is 4. The Hall–Kier alpha value is -1.04. The minimum Gasteiger partial charge on any atom is -0.380 e. The molecule has 0 N–H and O–H groups in total. The molecule has 1 aromatic heterocycles. The van der Waals surface area contributed by atoms with Crippen LogP contribution in [0.15, 0.2) is 18.6 Å². The van der Waals surface area contributed by atoms with Crippen molar-refractivity contribution >= 4 is 0 Å². The Morgan fingerprint density at radius 1 is 1.27 bits per heavy atom.